The number of thioether (sulfide) groups is 1. The van der Waals surface area contributed by atoms with Crippen LogP contribution in [0.15, 0.2) is 12.1 Å². The van der Waals surface area contributed by atoms with Crippen molar-refractivity contribution in [1.82, 2.24) is 5.32 Å². The second kappa shape index (κ2) is 10.0. The Balaban J connectivity index is 0.00000288. The Morgan fingerprint density at radius 1 is 1.33 bits per heavy atom. The lowest BCUT2D eigenvalue weighted by Crippen LogP contribution is -2.47. The highest BCUT2D eigenvalue weighted by molar-refractivity contribution is 7.98. The maximum absolute atomic E-state index is 12.2. The summed E-state index contributed by atoms with van der Waals surface area (Å²) in [6, 6.07) is 3.76. The summed E-state index contributed by atoms with van der Waals surface area (Å²) in [5.74, 6) is 2.34. The maximum atomic E-state index is 12.2. The minimum Gasteiger partial charge on any atom is -0.493 e. The molecule has 1 aromatic rings. The second-order valence-electron chi connectivity index (χ2n) is 5.81. The van der Waals surface area contributed by atoms with Gasteiger partial charge in [0.2, 0.25) is 5.91 Å². The van der Waals surface area contributed by atoms with Crippen LogP contribution in [0.4, 0.5) is 0 Å². The van der Waals surface area contributed by atoms with Crippen LogP contribution in [0.2, 0.25) is 0 Å². The van der Waals surface area contributed by atoms with Crippen molar-refractivity contribution in [2.75, 3.05) is 26.2 Å². The number of hydrogen-bond acceptors (Lipinski definition) is 5. The average Bonchev–Trinajstić information content (AvgIpc) is 2.58. The van der Waals surface area contributed by atoms with Gasteiger partial charge in [-0.25, -0.2) is 0 Å². The summed E-state index contributed by atoms with van der Waals surface area (Å²) in [5.41, 5.74) is 8.41. The highest BCUT2D eigenvalue weighted by Crippen LogP contribution is 2.34. The van der Waals surface area contributed by atoms with Gasteiger partial charge in [-0.3, -0.25) is 4.79 Å². The average molecular weight is 375 g/mol. The number of nitrogens with one attached hydrogen (secondary N) is 1. The van der Waals surface area contributed by atoms with E-state index in [2.05, 4.69) is 5.32 Å². The summed E-state index contributed by atoms with van der Waals surface area (Å²) in [6.45, 7) is 0. The van der Waals surface area contributed by atoms with Crippen molar-refractivity contribution in [3.63, 3.8) is 0 Å². The zero-order chi connectivity index (χ0) is 16.8. The first-order chi connectivity index (χ1) is 11.1. The van der Waals surface area contributed by atoms with Crippen LogP contribution in [-0.4, -0.2) is 44.2 Å². The third-order valence-corrected chi connectivity index (χ3v) is 4.89. The molecule has 1 aliphatic rings. The Labute approximate surface area is 154 Å². The number of hydrogen-bond donors (Lipinski definition) is 2. The Hall–Kier alpha value is -1.11. The monoisotopic (exact) mass is 374 g/mol. The van der Waals surface area contributed by atoms with Crippen molar-refractivity contribution in [1.29, 1.82) is 0 Å². The van der Waals surface area contributed by atoms with E-state index in [-0.39, 0.29) is 24.4 Å². The minimum atomic E-state index is -0.422. The summed E-state index contributed by atoms with van der Waals surface area (Å²) in [4.78, 5) is 12.2. The van der Waals surface area contributed by atoms with Crippen LogP contribution in [0.25, 0.3) is 0 Å². The van der Waals surface area contributed by atoms with Crippen molar-refractivity contribution in [2.24, 2.45) is 5.73 Å². The largest absolute Gasteiger partial charge is 0.493 e. The number of amides is 1. The van der Waals surface area contributed by atoms with Gasteiger partial charge in [0.05, 0.1) is 20.3 Å². The van der Waals surface area contributed by atoms with Gasteiger partial charge in [0.25, 0.3) is 0 Å². The van der Waals surface area contributed by atoms with Crippen molar-refractivity contribution in [2.45, 2.75) is 37.8 Å². The third kappa shape index (κ3) is 5.19. The van der Waals surface area contributed by atoms with Gasteiger partial charge in [-0.1, -0.05) is 0 Å². The number of aryl methyl sites for hydroxylation is 1. The number of halogens is 1. The zero-order valence-electron chi connectivity index (χ0n) is 14.5. The molecular formula is C17H27ClN2O3S. The van der Waals surface area contributed by atoms with E-state index in [4.69, 9.17) is 15.2 Å². The zero-order valence-corrected chi connectivity index (χ0v) is 16.1. The minimum absolute atomic E-state index is 0. The number of benzene rings is 1. The maximum Gasteiger partial charge on any atom is 0.237 e. The number of rotatable bonds is 7. The van der Waals surface area contributed by atoms with Gasteiger partial charge in [0, 0.05) is 6.04 Å². The van der Waals surface area contributed by atoms with Crippen LogP contribution in [-0.2, 0) is 17.6 Å². The molecule has 2 atom stereocenters. The Bertz CT molecular complexity index is 557. The van der Waals surface area contributed by atoms with Gasteiger partial charge in [-0.15, -0.1) is 12.4 Å². The van der Waals surface area contributed by atoms with Gasteiger partial charge in [0.1, 0.15) is 0 Å². The van der Waals surface area contributed by atoms with Gasteiger partial charge in [-0.05, 0) is 61.0 Å². The lowest BCUT2D eigenvalue weighted by Gasteiger charge is -2.27. The summed E-state index contributed by atoms with van der Waals surface area (Å²) in [7, 11) is 3.28. The Kier molecular flexibility index (Phi) is 8.73. The predicted molar refractivity (Wildman–Crippen MR) is 102 cm³/mol. The first-order valence-corrected chi connectivity index (χ1v) is 9.27. The normalized spacial score (nSPS) is 17.2. The fraction of sp³-hybridized carbons (Fsp3) is 0.588. The lowest BCUT2D eigenvalue weighted by atomic mass is 9.87. The van der Waals surface area contributed by atoms with E-state index >= 15 is 0 Å². The van der Waals surface area contributed by atoms with Crippen LogP contribution in [0, 0.1) is 0 Å². The fourth-order valence-corrected chi connectivity index (χ4v) is 3.38. The Morgan fingerprint density at radius 3 is 2.54 bits per heavy atom. The van der Waals surface area contributed by atoms with Crippen molar-refractivity contribution in [3.8, 4) is 11.5 Å². The van der Waals surface area contributed by atoms with Crippen LogP contribution < -0.4 is 20.5 Å². The topological polar surface area (TPSA) is 73.6 Å². The molecule has 3 N–H and O–H groups in total. The highest BCUT2D eigenvalue weighted by Gasteiger charge is 2.24. The quantitative estimate of drug-likeness (QED) is 0.765. The molecule has 24 heavy (non-hydrogen) atoms. The molecular weight excluding hydrogens is 348 g/mol. The molecule has 0 fully saturated rings. The molecule has 0 aromatic heterocycles. The standard InChI is InChI=1S/C17H26N2O3S.ClH/c1-21-15-9-11-4-5-13(8-12(11)10-16(15)22-2)19-17(20)14(18)6-7-23-3;/h9-10,13-14H,4-8,18H2,1-3H3,(H,19,20);1H/t13-,14?;/m0./s1. The number of methoxy groups -OCH3 is 2. The van der Waals surface area contributed by atoms with Gasteiger partial charge in [-0.2, -0.15) is 11.8 Å². The fourth-order valence-electron chi connectivity index (χ4n) is 2.89. The second-order valence-corrected chi connectivity index (χ2v) is 6.80. The van der Waals surface area contributed by atoms with Crippen molar-refractivity contribution in [3.05, 3.63) is 23.3 Å². The number of carbonyl (C=O) groups excluding carboxylic acids is 1. The van der Waals surface area contributed by atoms with E-state index in [9.17, 15) is 4.79 Å². The summed E-state index contributed by atoms with van der Waals surface area (Å²) in [6.07, 6.45) is 5.37. The Morgan fingerprint density at radius 2 is 1.96 bits per heavy atom. The van der Waals surface area contributed by atoms with Crippen LogP contribution in [0.1, 0.15) is 24.0 Å². The molecule has 0 bridgehead atoms. The first kappa shape index (κ1) is 20.9. The third-order valence-electron chi connectivity index (χ3n) is 4.25. The molecule has 0 heterocycles. The molecule has 0 spiro atoms. The molecule has 5 nitrogen and oxygen atoms in total. The van der Waals surface area contributed by atoms with E-state index in [1.54, 1.807) is 26.0 Å². The highest BCUT2D eigenvalue weighted by atomic mass is 35.5. The van der Waals surface area contributed by atoms with E-state index < -0.39 is 6.04 Å². The van der Waals surface area contributed by atoms with Crippen LogP contribution in [0.5, 0.6) is 11.5 Å². The van der Waals surface area contributed by atoms with Crippen molar-refractivity contribution >= 4 is 30.1 Å². The number of ether oxygens (including phenoxy) is 2. The van der Waals surface area contributed by atoms with Gasteiger partial charge < -0.3 is 20.5 Å². The first-order valence-electron chi connectivity index (χ1n) is 7.87. The van der Waals surface area contributed by atoms with Gasteiger partial charge >= 0.3 is 0 Å². The SMILES string of the molecule is COc1cc2c(cc1OC)C[C@@H](NC(=O)C(N)CCSC)CC2.Cl. The molecule has 1 unspecified atom stereocenters. The van der Waals surface area contributed by atoms with Crippen molar-refractivity contribution < 1.29 is 14.3 Å². The van der Waals surface area contributed by atoms with E-state index in [1.165, 1.54) is 11.1 Å². The predicted octanol–water partition coefficient (Wildman–Crippen LogP) is 2.18. The molecule has 7 heteroatoms. The van der Waals surface area contributed by atoms with E-state index in [0.717, 1.165) is 36.5 Å². The molecule has 1 aliphatic carbocycles. The number of fused-ring (bicyclic) bond motifs is 1. The van der Waals surface area contributed by atoms with E-state index in [0.29, 0.717) is 6.42 Å². The molecule has 1 amide bonds. The van der Waals surface area contributed by atoms with Crippen LogP contribution >= 0.6 is 24.2 Å². The van der Waals surface area contributed by atoms with Gasteiger partial charge in [0.15, 0.2) is 11.5 Å². The summed E-state index contributed by atoms with van der Waals surface area (Å²) in [5, 5.41) is 3.09. The van der Waals surface area contributed by atoms with Crippen LogP contribution in [0.3, 0.4) is 0 Å². The lowest BCUT2D eigenvalue weighted by molar-refractivity contribution is -0.123. The molecule has 136 valence electrons. The summed E-state index contributed by atoms with van der Waals surface area (Å²) < 4.78 is 10.7. The molecule has 0 saturated carbocycles. The molecule has 0 radical (unpaired) electrons. The summed E-state index contributed by atoms with van der Waals surface area (Å²) >= 11 is 1.71. The van der Waals surface area contributed by atoms with E-state index in [1.807, 2.05) is 18.4 Å². The smallest absolute Gasteiger partial charge is 0.237 e. The molecule has 0 aliphatic heterocycles. The number of carbonyl (C=O) groups is 1. The molecule has 1 aromatic carbocycles. The number of nitrogens with two attached hydrogens (primary N) is 1. The molecule has 0 saturated heterocycles. The molecule has 2 rings (SSSR count).